The maximum atomic E-state index is 12.8. The van der Waals surface area contributed by atoms with Gasteiger partial charge in [0.25, 0.3) is 5.91 Å². The van der Waals surface area contributed by atoms with E-state index in [2.05, 4.69) is 4.90 Å². The molecule has 1 amide bonds. The number of benzene rings is 1. The number of carbonyl (C=O) groups excluding carboxylic acids is 1. The molecule has 3 aliphatic heterocycles. The molecule has 1 unspecified atom stereocenters. The number of piperidine rings is 1. The van der Waals surface area contributed by atoms with Crippen LogP contribution in [-0.4, -0.2) is 77.5 Å². The summed E-state index contributed by atoms with van der Waals surface area (Å²) in [4.78, 5) is 17.1. The summed E-state index contributed by atoms with van der Waals surface area (Å²) in [7, 11) is 0. The summed E-state index contributed by atoms with van der Waals surface area (Å²) in [5.74, 6) is -0.0152. The van der Waals surface area contributed by atoms with Crippen LogP contribution in [0.15, 0.2) is 18.2 Å². The number of likely N-dealkylation sites (tertiary alicyclic amines) is 2. The zero-order valence-corrected chi connectivity index (χ0v) is 16.8. The van der Waals surface area contributed by atoms with Crippen LogP contribution in [-0.2, 0) is 4.74 Å². The van der Waals surface area contributed by atoms with Crippen LogP contribution in [0.2, 0.25) is 0 Å². The normalized spacial score (nSPS) is 27.6. The smallest absolute Gasteiger partial charge is 0.257 e. The predicted molar refractivity (Wildman–Crippen MR) is 106 cm³/mol. The van der Waals surface area contributed by atoms with Crippen molar-refractivity contribution in [1.29, 1.82) is 0 Å². The van der Waals surface area contributed by atoms with Gasteiger partial charge in [0, 0.05) is 25.7 Å². The molecule has 1 aromatic carbocycles. The van der Waals surface area contributed by atoms with Gasteiger partial charge >= 0.3 is 0 Å². The lowest BCUT2D eigenvalue weighted by molar-refractivity contribution is 0.0400. The highest BCUT2D eigenvalue weighted by Gasteiger charge is 2.44. The number of aliphatic hydroxyl groups is 1. The number of aliphatic hydroxyl groups excluding tert-OH is 1. The summed E-state index contributed by atoms with van der Waals surface area (Å²) in [6.07, 6.45) is 5.41. The minimum Gasteiger partial charge on any atom is -0.507 e. The van der Waals surface area contributed by atoms with Crippen molar-refractivity contribution in [3.63, 3.8) is 0 Å². The molecule has 3 saturated heterocycles. The molecule has 3 aliphatic rings. The van der Waals surface area contributed by atoms with Crippen molar-refractivity contribution >= 4 is 5.91 Å². The third-order valence-electron chi connectivity index (χ3n) is 6.93. The topological polar surface area (TPSA) is 73.2 Å². The number of amides is 1. The molecule has 0 aromatic heterocycles. The maximum Gasteiger partial charge on any atom is 0.257 e. The molecular formula is C22H32N2O4. The van der Waals surface area contributed by atoms with E-state index in [-0.39, 0.29) is 29.8 Å². The quantitative estimate of drug-likeness (QED) is 0.827. The SMILES string of the molecule is Cc1ccc(O)c(C(=O)N2CCC3(CC2)COC(CN2CCC[C@H]2CO)C3)c1. The van der Waals surface area contributed by atoms with E-state index in [0.717, 1.165) is 57.4 Å². The Morgan fingerprint density at radius 3 is 2.82 bits per heavy atom. The molecule has 3 fully saturated rings. The fraction of sp³-hybridized carbons (Fsp3) is 0.682. The van der Waals surface area contributed by atoms with E-state index < -0.39 is 0 Å². The van der Waals surface area contributed by atoms with Crippen LogP contribution >= 0.6 is 0 Å². The highest BCUT2D eigenvalue weighted by atomic mass is 16.5. The number of phenols is 1. The molecule has 6 heteroatoms. The first-order valence-electron chi connectivity index (χ1n) is 10.6. The van der Waals surface area contributed by atoms with Crippen LogP contribution in [0.5, 0.6) is 5.75 Å². The Balaban J connectivity index is 1.33. The Kier molecular flexibility index (Phi) is 5.63. The number of nitrogens with zero attached hydrogens (tertiary/aromatic N) is 2. The molecule has 3 heterocycles. The molecule has 1 aromatic rings. The van der Waals surface area contributed by atoms with Crippen molar-refractivity contribution in [2.24, 2.45) is 5.41 Å². The lowest BCUT2D eigenvalue weighted by Crippen LogP contribution is -2.44. The van der Waals surface area contributed by atoms with Crippen molar-refractivity contribution in [3.8, 4) is 5.75 Å². The zero-order chi connectivity index (χ0) is 19.7. The van der Waals surface area contributed by atoms with E-state index in [1.54, 1.807) is 12.1 Å². The van der Waals surface area contributed by atoms with Gasteiger partial charge in [-0.05, 0) is 63.1 Å². The van der Waals surface area contributed by atoms with Crippen molar-refractivity contribution < 1.29 is 19.7 Å². The van der Waals surface area contributed by atoms with Gasteiger partial charge in [-0.15, -0.1) is 0 Å². The highest BCUT2D eigenvalue weighted by Crippen LogP contribution is 2.43. The van der Waals surface area contributed by atoms with E-state index in [1.165, 1.54) is 0 Å². The van der Waals surface area contributed by atoms with Gasteiger partial charge in [0.2, 0.25) is 0 Å². The predicted octanol–water partition coefficient (Wildman–Crippen LogP) is 2.17. The van der Waals surface area contributed by atoms with E-state index in [1.807, 2.05) is 17.9 Å². The fourth-order valence-corrected chi connectivity index (χ4v) is 5.14. The van der Waals surface area contributed by atoms with Gasteiger partial charge < -0.3 is 19.8 Å². The second kappa shape index (κ2) is 8.01. The molecule has 2 atom stereocenters. The fourth-order valence-electron chi connectivity index (χ4n) is 5.14. The van der Waals surface area contributed by atoms with Crippen LogP contribution in [0.4, 0.5) is 0 Å². The summed E-state index contributed by atoms with van der Waals surface area (Å²) < 4.78 is 6.15. The second-order valence-electron chi connectivity index (χ2n) is 8.92. The molecule has 28 heavy (non-hydrogen) atoms. The average Bonchev–Trinajstić information content (AvgIpc) is 3.31. The van der Waals surface area contributed by atoms with Crippen molar-refractivity contribution in [1.82, 2.24) is 9.80 Å². The van der Waals surface area contributed by atoms with Gasteiger partial charge in [0.05, 0.1) is 24.9 Å². The van der Waals surface area contributed by atoms with E-state index in [9.17, 15) is 15.0 Å². The van der Waals surface area contributed by atoms with Crippen LogP contribution in [0.3, 0.4) is 0 Å². The summed E-state index contributed by atoms with van der Waals surface area (Å²) in [6.45, 7) is 6.33. The number of hydrogen-bond acceptors (Lipinski definition) is 5. The van der Waals surface area contributed by atoms with Crippen molar-refractivity contribution in [2.45, 2.75) is 51.2 Å². The number of phenolic OH excluding ortho intramolecular Hbond substituents is 1. The summed E-state index contributed by atoms with van der Waals surface area (Å²) >= 11 is 0. The first kappa shape index (κ1) is 19.7. The molecule has 1 spiro atoms. The van der Waals surface area contributed by atoms with E-state index in [0.29, 0.717) is 24.7 Å². The Bertz CT molecular complexity index is 714. The van der Waals surface area contributed by atoms with Gasteiger partial charge in [0.1, 0.15) is 5.75 Å². The molecule has 6 nitrogen and oxygen atoms in total. The Morgan fingerprint density at radius 2 is 2.07 bits per heavy atom. The summed E-state index contributed by atoms with van der Waals surface area (Å²) in [5.41, 5.74) is 1.55. The first-order chi connectivity index (χ1) is 13.5. The molecule has 154 valence electrons. The van der Waals surface area contributed by atoms with Crippen molar-refractivity contribution in [3.05, 3.63) is 29.3 Å². The number of carbonyl (C=O) groups is 1. The second-order valence-corrected chi connectivity index (χ2v) is 8.92. The molecule has 0 radical (unpaired) electrons. The Morgan fingerprint density at radius 1 is 1.29 bits per heavy atom. The minimum absolute atomic E-state index is 0.0594. The van der Waals surface area contributed by atoms with Crippen LogP contribution in [0.25, 0.3) is 0 Å². The monoisotopic (exact) mass is 388 g/mol. The molecule has 0 aliphatic carbocycles. The van der Waals surface area contributed by atoms with Crippen molar-refractivity contribution in [2.75, 3.05) is 39.4 Å². The van der Waals surface area contributed by atoms with Gasteiger partial charge in [-0.1, -0.05) is 11.6 Å². The Hall–Kier alpha value is -1.63. The van der Waals surface area contributed by atoms with Crippen LogP contribution < -0.4 is 0 Å². The van der Waals surface area contributed by atoms with Gasteiger partial charge in [-0.25, -0.2) is 0 Å². The third-order valence-corrected chi connectivity index (χ3v) is 6.93. The maximum absolute atomic E-state index is 12.8. The molecule has 4 rings (SSSR count). The number of aromatic hydroxyl groups is 1. The van der Waals surface area contributed by atoms with E-state index >= 15 is 0 Å². The molecule has 0 bridgehead atoms. The number of ether oxygens (including phenoxy) is 1. The zero-order valence-electron chi connectivity index (χ0n) is 16.8. The van der Waals surface area contributed by atoms with Gasteiger partial charge in [0.15, 0.2) is 0 Å². The largest absolute Gasteiger partial charge is 0.507 e. The molecule has 2 N–H and O–H groups in total. The average molecular weight is 389 g/mol. The van der Waals surface area contributed by atoms with Crippen LogP contribution in [0.1, 0.15) is 48.0 Å². The van der Waals surface area contributed by atoms with Gasteiger partial charge in [-0.3, -0.25) is 9.69 Å². The number of rotatable bonds is 4. The lowest BCUT2D eigenvalue weighted by Gasteiger charge is -2.38. The Labute approximate surface area is 167 Å². The molecular weight excluding hydrogens is 356 g/mol. The minimum atomic E-state index is -0.0747. The highest BCUT2D eigenvalue weighted by molar-refractivity contribution is 5.97. The third kappa shape index (κ3) is 3.91. The molecule has 0 saturated carbocycles. The van der Waals surface area contributed by atoms with Crippen LogP contribution in [0, 0.1) is 12.3 Å². The number of hydrogen-bond donors (Lipinski definition) is 2. The van der Waals surface area contributed by atoms with Gasteiger partial charge in [-0.2, -0.15) is 0 Å². The summed E-state index contributed by atoms with van der Waals surface area (Å²) in [6, 6.07) is 5.47. The van der Waals surface area contributed by atoms with E-state index in [4.69, 9.17) is 4.74 Å². The number of aryl methyl sites for hydroxylation is 1. The lowest BCUT2D eigenvalue weighted by atomic mass is 9.76. The standard InChI is InChI=1S/C22H32N2O4/c1-16-4-5-20(26)19(11-16)21(27)23-9-6-22(7-10-23)12-18(28-15-22)13-24-8-2-3-17(24)14-25/h4-5,11,17-18,25-26H,2-3,6-10,12-15H2,1H3/t17-,18?/m0/s1. The first-order valence-corrected chi connectivity index (χ1v) is 10.6. The summed E-state index contributed by atoms with van der Waals surface area (Å²) in [5, 5.41) is 19.6.